The maximum Gasteiger partial charge on any atom is 0.170 e. The number of aromatic nitrogens is 3. The molecule has 0 aliphatic rings. The van der Waals surface area contributed by atoms with Crippen molar-refractivity contribution >= 4 is 0 Å². The van der Waals surface area contributed by atoms with E-state index < -0.39 is 0 Å². The summed E-state index contributed by atoms with van der Waals surface area (Å²) in [7, 11) is 3.47. The fraction of sp³-hybridized carbons (Fsp3) is 0.333. The monoisotopic (exact) mass is 248 g/mol. The van der Waals surface area contributed by atoms with Crippen molar-refractivity contribution in [3.63, 3.8) is 0 Å². The van der Waals surface area contributed by atoms with Crippen molar-refractivity contribution in [2.45, 2.75) is 13.2 Å². The van der Waals surface area contributed by atoms with Gasteiger partial charge in [-0.1, -0.05) is 6.07 Å². The van der Waals surface area contributed by atoms with Gasteiger partial charge >= 0.3 is 0 Å². The summed E-state index contributed by atoms with van der Waals surface area (Å²) in [5.41, 5.74) is 6.59. The van der Waals surface area contributed by atoms with E-state index in [-0.39, 0.29) is 0 Å². The number of aryl methyl sites for hydroxylation is 1. The largest absolute Gasteiger partial charge is 0.493 e. The molecule has 6 heteroatoms. The van der Waals surface area contributed by atoms with E-state index >= 15 is 0 Å². The fourth-order valence-corrected chi connectivity index (χ4v) is 1.54. The summed E-state index contributed by atoms with van der Waals surface area (Å²) in [5.74, 6) is 2.08. The van der Waals surface area contributed by atoms with Gasteiger partial charge in [0.1, 0.15) is 12.9 Å². The topological polar surface area (TPSA) is 75.2 Å². The summed E-state index contributed by atoms with van der Waals surface area (Å²) in [6, 6.07) is 5.62. The summed E-state index contributed by atoms with van der Waals surface area (Å²) >= 11 is 0. The molecule has 0 radical (unpaired) electrons. The first kappa shape index (κ1) is 12.4. The first-order chi connectivity index (χ1) is 8.74. The van der Waals surface area contributed by atoms with Crippen LogP contribution < -0.4 is 15.2 Å². The van der Waals surface area contributed by atoms with Crippen LogP contribution in [0, 0.1) is 0 Å². The molecule has 0 spiro atoms. The molecule has 0 atom stereocenters. The SMILES string of the molecule is COc1ccc(CN)cc1OCc1nncn1C. The van der Waals surface area contributed by atoms with Gasteiger partial charge in [0.2, 0.25) is 0 Å². The molecule has 0 unspecified atom stereocenters. The van der Waals surface area contributed by atoms with Gasteiger partial charge in [-0.3, -0.25) is 0 Å². The first-order valence-corrected chi connectivity index (χ1v) is 5.57. The highest BCUT2D eigenvalue weighted by Gasteiger charge is 2.07. The lowest BCUT2D eigenvalue weighted by Crippen LogP contribution is -2.05. The molecule has 2 aromatic rings. The smallest absolute Gasteiger partial charge is 0.170 e. The van der Waals surface area contributed by atoms with E-state index in [1.54, 1.807) is 18.0 Å². The zero-order valence-electron chi connectivity index (χ0n) is 10.5. The maximum absolute atomic E-state index is 5.69. The fourth-order valence-electron chi connectivity index (χ4n) is 1.54. The van der Waals surface area contributed by atoms with Crippen molar-refractivity contribution in [3.05, 3.63) is 35.9 Å². The second kappa shape index (κ2) is 5.50. The molecular weight excluding hydrogens is 232 g/mol. The van der Waals surface area contributed by atoms with E-state index in [0.29, 0.717) is 24.7 Å². The minimum atomic E-state index is 0.334. The summed E-state index contributed by atoms with van der Waals surface area (Å²) < 4.78 is 12.7. The molecule has 0 aliphatic carbocycles. The Kier molecular flexibility index (Phi) is 3.78. The average Bonchev–Trinajstić information content (AvgIpc) is 2.81. The van der Waals surface area contributed by atoms with Crippen LogP contribution in [0.25, 0.3) is 0 Å². The van der Waals surface area contributed by atoms with Crippen LogP contribution in [0.4, 0.5) is 0 Å². The van der Waals surface area contributed by atoms with Gasteiger partial charge in [0, 0.05) is 13.6 Å². The van der Waals surface area contributed by atoms with E-state index in [0.717, 1.165) is 11.4 Å². The van der Waals surface area contributed by atoms with E-state index in [1.807, 2.05) is 25.2 Å². The molecule has 0 saturated carbocycles. The summed E-state index contributed by atoms with van der Waals surface area (Å²) in [6.07, 6.45) is 1.63. The third-order valence-electron chi connectivity index (χ3n) is 2.63. The van der Waals surface area contributed by atoms with Crippen molar-refractivity contribution in [1.82, 2.24) is 14.8 Å². The van der Waals surface area contributed by atoms with Crippen molar-refractivity contribution in [2.75, 3.05) is 7.11 Å². The Hall–Kier alpha value is -2.08. The number of rotatable bonds is 5. The van der Waals surface area contributed by atoms with Crippen molar-refractivity contribution in [1.29, 1.82) is 0 Å². The third kappa shape index (κ3) is 2.60. The number of nitrogens with zero attached hydrogens (tertiary/aromatic N) is 3. The van der Waals surface area contributed by atoms with Crippen LogP contribution in [0.15, 0.2) is 24.5 Å². The molecule has 0 amide bonds. The molecule has 96 valence electrons. The summed E-state index contributed by atoms with van der Waals surface area (Å²) in [4.78, 5) is 0. The average molecular weight is 248 g/mol. The van der Waals surface area contributed by atoms with Gasteiger partial charge in [0.05, 0.1) is 7.11 Å². The number of hydrogen-bond acceptors (Lipinski definition) is 5. The lowest BCUT2D eigenvalue weighted by molar-refractivity contribution is 0.272. The second-order valence-corrected chi connectivity index (χ2v) is 3.84. The van der Waals surface area contributed by atoms with Gasteiger partial charge in [-0.15, -0.1) is 10.2 Å². The zero-order valence-corrected chi connectivity index (χ0v) is 10.5. The highest BCUT2D eigenvalue weighted by Crippen LogP contribution is 2.28. The number of methoxy groups -OCH3 is 1. The highest BCUT2D eigenvalue weighted by molar-refractivity contribution is 5.42. The summed E-state index contributed by atoms with van der Waals surface area (Å²) in [6.45, 7) is 0.797. The Morgan fingerprint density at radius 2 is 2.17 bits per heavy atom. The van der Waals surface area contributed by atoms with E-state index in [2.05, 4.69) is 10.2 Å². The predicted molar refractivity (Wildman–Crippen MR) is 66.2 cm³/mol. The van der Waals surface area contributed by atoms with Gasteiger partial charge in [-0.05, 0) is 17.7 Å². The zero-order chi connectivity index (χ0) is 13.0. The Morgan fingerprint density at radius 3 is 2.78 bits per heavy atom. The molecule has 0 saturated heterocycles. The Bertz CT molecular complexity index is 525. The predicted octanol–water partition coefficient (Wildman–Crippen LogP) is 0.861. The van der Waals surface area contributed by atoms with Gasteiger partial charge < -0.3 is 19.8 Å². The first-order valence-electron chi connectivity index (χ1n) is 5.57. The molecule has 1 heterocycles. The second-order valence-electron chi connectivity index (χ2n) is 3.84. The molecule has 0 fully saturated rings. The van der Waals surface area contributed by atoms with E-state index in [9.17, 15) is 0 Å². The Morgan fingerprint density at radius 1 is 1.33 bits per heavy atom. The standard InChI is InChI=1S/C12H16N4O2/c1-16-8-14-15-12(16)7-18-11-5-9(6-13)3-4-10(11)17-2/h3-5,8H,6-7,13H2,1-2H3. The maximum atomic E-state index is 5.69. The molecule has 2 rings (SSSR count). The minimum Gasteiger partial charge on any atom is -0.493 e. The Balaban J connectivity index is 2.14. The number of hydrogen-bond donors (Lipinski definition) is 1. The summed E-state index contributed by atoms with van der Waals surface area (Å²) in [5, 5.41) is 7.74. The Labute approximate surface area is 105 Å². The lowest BCUT2D eigenvalue weighted by atomic mass is 10.2. The molecular formula is C12H16N4O2. The highest BCUT2D eigenvalue weighted by atomic mass is 16.5. The van der Waals surface area contributed by atoms with Crippen LogP contribution in [0.3, 0.4) is 0 Å². The molecule has 2 N–H and O–H groups in total. The minimum absolute atomic E-state index is 0.334. The van der Waals surface area contributed by atoms with Crippen molar-refractivity contribution in [3.8, 4) is 11.5 Å². The van der Waals surface area contributed by atoms with Crippen LogP contribution in [0.2, 0.25) is 0 Å². The van der Waals surface area contributed by atoms with E-state index in [1.165, 1.54) is 0 Å². The van der Waals surface area contributed by atoms with Crippen molar-refractivity contribution in [2.24, 2.45) is 12.8 Å². The lowest BCUT2D eigenvalue weighted by Gasteiger charge is -2.11. The number of benzene rings is 1. The van der Waals surface area contributed by atoms with Crippen LogP contribution in [-0.4, -0.2) is 21.9 Å². The molecule has 0 bridgehead atoms. The molecule has 0 aliphatic heterocycles. The molecule has 18 heavy (non-hydrogen) atoms. The molecule has 6 nitrogen and oxygen atoms in total. The van der Waals surface area contributed by atoms with Crippen LogP contribution in [0.1, 0.15) is 11.4 Å². The van der Waals surface area contributed by atoms with Crippen LogP contribution >= 0.6 is 0 Å². The quantitative estimate of drug-likeness (QED) is 0.849. The number of nitrogens with two attached hydrogens (primary N) is 1. The third-order valence-corrected chi connectivity index (χ3v) is 2.63. The molecule has 1 aromatic heterocycles. The van der Waals surface area contributed by atoms with Crippen molar-refractivity contribution < 1.29 is 9.47 Å². The normalized spacial score (nSPS) is 10.4. The van der Waals surface area contributed by atoms with Gasteiger partial charge in [0.25, 0.3) is 0 Å². The van der Waals surface area contributed by atoms with Crippen LogP contribution in [-0.2, 0) is 20.2 Å². The van der Waals surface area contributed by atoms with Crippen LogP contribution in [0.5, 0.6) is 11.5 Å². The number of ether oxygens (including phenoxy) is 2. The van der Waals surface area contributed by atoms with Gasteiger partial charge in [-0.2, -0.15) is 0 Å². The van der Waals surface area contributed by atoms with Gasteiger partial charge in [-0.25, -0.2) is 0 Å². The molecule has 1 aromatic carbocycles. The van der Waals surface area contributed by atoms with E-state index in [4.69, 9.17) is 15.2 Å². The van der Waals surface area contributed by atoms with Gasteiger partial charge in [0.15, 0.2) is 17.3 Å².